The Hall–Kier alpha value is -2.82. The summed E-state index contributed by atoms with van der Waals surface area (Å²) in [5.74, 6) is -1.19. The summed E-state index contributed by atoms with van der Waals surface area (Å²) in [6.07, 6.45) is -0.818. The molecule has 2 aliphatic heterocycles. The van der Waals surface area contributed by atoms with Crippen LogP contribution in [0, 0.1) is 11.8 Å². The lowest BCUT2D eigenvalue weighted by Gasteiger charge is -2.46. The number of nitrogens with one attached hydrogen (secondary N) is 1. The number of hydrogen-bond donors (Lipinski definition) is 3. The number of piperidine rings is 1. The number of nitrogens with zero attached hydrogens (tertiary/aromatic N) is 1. The molecule has 3 fully saturated rings. The molecule has 1 amide bonds. The molecular formula is C30H34ClF3N2O5. The van der Waals surface area contributed by atoms with Crippen LogP contribution in [0.15, 0.2) is 36.4 Å². The van der Waals surface area contributed by atoms with Crippen LogP contribution in [0.5, 0.6) is 5.75 Å². The average molecular weight is 595 g/mol. The summed E-state index contributed by atoms with van der Waals surface area (Å²) < 4.78 is 46.1. The Balaban J connectivity index is 1.20. The molecule has 5 rings (SSSR count). The zero-order chi connectivity index (χ0) is 29.5. The minimum absolute atomic E-state index is 0.0494. The fourth-order valence-electron chi connectivity index (χ4n) is 6.49. The minimum atomic E-state index is -4.64. The molecule has 11 heteroatoms. The van der Waals surface area contributed by atoms with Gasteiger partial charge in [-0.3, -0.25) is 9.69 Å². The number of carboxylic acids is 1. The Morgan fingerprint density at radius 3 is 2.54 bits per heavy atom. The number of alkyl halides is 3. The Morgan fingerprint density at radius 2 is 1.93 bits per heavy atom. The molecule has 4 atom stereocenters. The van der Waals surface area contributed by atoms with Crippen molar-refractivity contribution in [2.75, 3.05) is 19.7 Å². The lowest BCUT2D eigenvalue weighted by Crippen LogP contribution is -2.57. The molecule has 7 nitrogen and oxygen atoms in total. The smallest absolute Gasteiger partial charge is 0.416 e. The van der Waals surface area contributed by atoms with Crippen LogP contribution in [0.1, 0.15) is 72.0 Å². The van der Waals surface area contributed by atoms with E-state index in [9.17, 15) is 33.0 Å². The summed E-state index contributed by atoms with van der Waals surface area (Å²) in [6, 6.07) is 8.74. The lowest BCUT2D eigenvalue weighted by atomic mass is 9.79. The Labute approximate surface area is 241 Å². The molecule has 3 N–H and O–H groups in total. The van der Waals surface area contributed by atoms with Gasteiger partial charge < -0.3 is 20.3 Å². The Kier molecular flexibility index (Phi) is 8.29. The quantitative estimate of drug-likeness (QED) is 0.373. The maximum atomic E-state index is 13.4. The molecule has 222 valence electrons. The predicted octanol–water partition coefficient (Wildman–Crippen LogP) is 5.83. The van der Waals surface area contributed by atoms with Crippen molar-refractivity contribution in [3.05, 3.63) is 63.7 Å². The van der Waals surface area contributed by atoms with Gasteiger partial charge in [0.05, 0.1) is 22.8 Å². The zero-order valence-electron chi connectivity index (χ0n) is 22.7. The molecular weight excluding hydrogens is 561 g/mol. The molecule has 41 heavy (non-hydrogen) atoms. The van der Waals surface area contributed by atoms with Crippen LogP contribution in [-0.4, -0.2) is 58.3 Å². The molecule has 0 radical (unpaired) electrons. The predicted molar refractivity (Wildman–Crippen MR) is 146 cm³/mol. The van der Waals surface area contributed by atoms with Crippen LogP contribution in [0.25, 0.3) is 0 Å². The van der Waals surface area contributed by atoms with Crippen molar-refractivity contribution in [2.24, 2.45) is 11.8 Å². The number of likely N-dealkylation sites (tertiary alicyclic amines) is 1. The topological polar surface area (TPSA) is 99.1 Å². The van der Waals surface area contributed by atoms with Gasteiger partial charge in [-0.2, -0.15) is 13.2 Å². The first kappa shape index (κ1) is 29.7. The minimum Gasteiger partial charge on any atom is -0.506 e. The molecule has 1 aliphatic carbocycles. The maximum absolute atomic E-state index is 13.4. The molecule has 0 aromatic heterocycles. The van der Waals surface area contributed by atoms with E-state index in [1.807, 2.05) is 6.07 Å². The van der Waals surface area contributed by atoms with E-state index in [1.54, 1.807) is 18.2 Å². The highest BCUT2D eigenvalue weighted by Gasteiger charge is 2.54. The lowest BCUT2D eigenvalue weighted by molar-refractivity contribution is -0.166. The van der Waals surface area contributed by atoms with Crippen molar-refractivity contribution in [1.82, 2.24) is 10.2 Å². The molecule has 2 aromatic carbocycles. The summed E-state index contributed by atoms with van der Waals surface area (Å²) >= 11 is 5.82. The van der Waals surface area contributed by atoms with Crippen LogP contribution in [-0.2, 0) is 22.3 Å². The summed E-state index contributed by atoms with van der Waals surface area (Å²) in [4.78, 5) is 27.2. The summed E-state index contributed by atoms with van der Waals surface area (Å²) in [6.45, 7) is 3.90. The monoisotopic (exact) mass is 594 g/mol. The van der Waals surface area contributed by atoms with E-state index < -0.39 is 34.1 Å². The van der Waals surface area contributed by atoms with Gasteiger partial charge in [-0.05, 0) is 86.2 Å². The van der Waals surface area contributed by atoms with E-state index in [1.165, 1.54) is 0 Å². The fourth-order valence-corrected chi connectivity index (χ4v) is 6.73. The second-order valence-electron chi connectivity index (χ2n) is 11.6. The number of carboxylic acid groups (broad SMARTS) is 1. The summed E-state index contributed by atoms with van der Waals surface area (Å²) in [5.41, 5.74) is -0.818. The molecule has 0 bridgehead atoms. The normalized spacial score (nSPS) is 27.4. The first-order valence-electron chi connectivity index (χ1n) is 14.0. The van der Waals surface area contributed by atoms with Gasteiger partial charge in [-0.1, -0.05) is 30.7 Å². The standard InChI is InChI=1S/C30H34ClF3N2O5/c1-17-15-36(10-8-24(17)18-3-2-4-19(11-18)27(38)39)23-7-9-29(41-16-23,21-5-6-21)28(40)35-14-20-12-22(30(32,33)34)13-25(31)26(20)37/h2-4,11-13,17,21,23-24,37H,5-10,14-16H2,1H3,(H,35,40)(H,38,39)/t17-,23+,24-,29-/m0/s1. The number of halogens is 4. The van der Waals surface area contributed by atoms with Gasteiger partial charge in [0.25, 0.3) is 5.91 Å². The van der Waals surface area contributed by atoms with Crippen molar-refractivity contribution in [3.8, 4) is 5.75 Å². The first-order chi connectivity index (χ1) is 19.4. The van der Waals surface area contributed by atoms with Gasteiger partial charge in [-0.15, -0.1) is 0 Å². The van der Waals surface area contributed by atoms with Crippen LogP contribution in [0.3, 0.4) is 0 Å². The number of hydrogen-bond acceptors (Lipinski definition) is 5. The van der Waals surface area contributed by atoms with E-state index in [0.29, 0.717) is 30.6 Å². The molecule has 0 spiro atoms. The Bertz CT molecular complexity index is 1310. The van der Waals surface area contributed by atoms with E-state index >= 15 is 0 Å². The molecule has 2 saturated heterocycles. The number of aromatic carboxylic acids is 1. The van der Waals surface area contributed by atoms with Crippen molar-refractivity contribution >= 4 is 23.5 Å². The van der Waals surface area contributed by atoms with Gasteiger partial charge in [0.1, 0.15) is 11.4 Å². The van der Waals surface area contributed by atoms with E-state index in [4.69, 9.17) is 16.3 Å². The number of phenols is 1. The van der Waals surface area contributed by atoms with Gasteiger partial charge in [0.15, 0.2) is 0 Å². The maximum Gasteiger partial charge on any atom is 0.416 e. The first-order valence-corrected chi connectivity index (χ1v) is 14.3. The molecule has 1 saturated carbocycles. The van der Waals surface area contributed by atoms with Crippen LogP contribution in [0.2, 0.25) is 5.02 Å². The van der Waals surface area contributed by atoms with Crippen LogP contribution < -0.4 is 5.32 Å². The number of benzene rings is 2. The van der Waals surface area contributed by atoms with Crippen molar-refractivity contribution in [2.45, 2.75) is 69.3 Å². The van der Waals surface area contributed by atoms with Crippen molar-refractivity contribution in [3.63, 3.8) is 0 Å². The molecule has 2 aromatic rings. The highest BCUT2D eigenvalue weighted by molar-refractivity contribution is 6.32. The highest BCUT2D eigenvalue weighted by atomic mass is 35.5. The second kappa shape index (κ2) is 11.5. The van der Waals surface area contributed by atoms with Crippen molar-refractivity contribution < 1.29 is 37.7 Å². The van der Waals surface area contributed by atoms with Gasteiger partial charge >= 0.3 is 12.1 Å². The number of rotatable bonds is 7. The highest BCUT2D eigenvalue weighted by Crippen LogP contribution is 2.48. The number of aromatic hydroxyl groups is 1. The second-order valence-corrected chi connectivity index (χ2v) is 12.0. The molecule has 3 aliphatic rings. The van der Waals surface area contributed by atoms with Crippen LogP contribution in [0.4, 0.5) is 13.2 Å². The Morgan fingerprint density at radius 1 is 1.17 bits per heavy atom. The summed E-state index contributed by atoms with van der Waals surface area (Å²) in [7, 11) is 0. The third kappa shape index (κ3) is 6.20. The van der Waals surface area contributed by atoms with Gasteiger partial charge in [0.2, 0.25) is 0 Å². The largest absolute Gasteiger partial charge is 0.506 e. The third-order valence-electron chi connectivity index (χ3n) is 8.93. The fraction of sp³-hybridized carbons (Fsp3) is 0.533. The molecule has 2 heterocycles. The van der Waals surface area contributed by atoms with Crippen molar-refractivity contribution in [1.29, 1.82) is 0 Å². The number of carbonyl (C=O) groups is 2. The number of amides is 1. The van der Waals surface area contributed by atoms with E-state index in [0.717, 1.165) is 50.4 Å². The van der Waals surface area contributed by atoms with Gasteiger partial charge in [0, 0.05) is 24.7 Å². The average Bonchev–Trinajstić information content (AvgIpc) is 3.79. The van der Waals surface area contributed by atoms with E-state index in [2.05, 4.69) is 17.1 Å². The number of phenolic OH excluding ortho intramolecular Hbond substituents is 1. The third-order valence-corrected chi connectivity index (χ3v) is 9.22. The van der Waals surface area contributed by atoms with Gasteiger partial charge in [-0.25, -0.2) is 4.79 Å². The molecule has 0 unspecified atom stereocenters. The van der Waals surface area contributed by atoms with Crippen LogP contribution >= 0.6 is 11.6 Å². The number of ether oxygens (including phenoxy) is 1. The summed E-state index contributed by atoms with van der Waals surface area (Å²) in [5, 5.41) is 21.9. The zero-order valence-corrected chi connectivity index (χ0v) is 23.5. The SMILES string of the molecule is C[C@H]1CN([C@@H]2CC[C@@](C(=O)NCc3cc(C(F)(F)F)cc(Cl)c3O)(C3CC3)OC2)CC[C@@H]1c1cccc(C(=O)O)c1. The van der Waals surface area contributed by atoms with E-state index in [-0.39, 0.29) is 35.9 Å². The number of carbonyl (C=O) groups excluding carboxylic acids is 1.